The fourth-order valence-corrected chi connectivity index (χ4v) is 1.77. The number of hydrogen-bond donors (Lipinski definition) is 0. The topological polar surface area (TPSA) is 38.7 Å². The second-order valence-electron chi connectivity index (χ2n) is 3.86. The maximum atomic E-state index is 4.32. The molecule has 0 unspecified atom stereocenters. The van der Waals surface area contributed by atoms with E-state index in [-0.39, 0.29) is 0 Å². The van der Waals surface area contributed by atoms with Gasteiger partial charge in [-0.1, -0.05) is 30.3 Å². The number of hydrogen-bond acceptors (Lipinski definition) is 3. The molecule has 0 atom stereocenters. The van der Waals surface area contributed by atoms with Crippen LogP contribution in [0.1, 0.15) is 0 Å². The zero-order valence-corrected chi connectivity index (χ0v) is 9.69. The summed E-state index contributed by atoms with van der Waals surface area (Å²) in [7, 11) is 0. The molecule has 0 bridgehead atoms. The van der Waals surface area contributed by atoms with Gasteiger partial charge < -0.3 is 0 Å². The Labute approximate surface area is 105 Å². The second kappa shape index (κ2) is 4.75. The van der Waals surface area contributed by atoms with Crippen LogP contribution >= 0.6 is 0 Å². The molecule has 1 aromatic carbocycles. The predicted molar refractivity (Wildman–Crippen MR) is 70.7 cm³/mol. The first-order valence-corrected chi connectivity index (χ1v) is 5.72. The number of benzene rings is 1. The molecule has 0 radical (unpaired) electrons. The minimum absolute atomic E-state index is 0.741. The molecule has 0 saturated carbocycles. The molecule has 0 spiro atoms. The van der Waals surface area contributed by atoms with Gasteiger partial charge in [0.05, 0.1) is 5.69 Å². The summed E-state index contributed by atoms with van der Waals surface area (Å²) in [6.07, 6.45) is 5.29. The molecule has 2 heterocycles. The van der Waals surface area contributed by atoms with Crippen molar-refractivity contribution in [1.82, 2.24) is 15.0 Å². The molecule has 0 N–H and O–H groups in total. The molecule has 86 valence electrons. The summed E-state index contributed by atoms with van der Waals surface area (Å²) in [5.41, 5.74) is 3.07. The Morgan fingerprint density at radius 2 is 1.22 bits per heavy atom. The van der Waals surface area contributed by atoms with Gasteiger partial charge in [0.15, 0.2) is 5.82 Å². The van der Waals surface area contributed by atoms with Crippen molar-refractivity contribution in [1.29, 1.82) is 0 Å². The smallest absolute Gasteiger partial charge is 0.159 e. The Morgan fingerprint density at radius 3 is 1.89 bits per heavy atom. The summed E-state index contributed by atoms with van der Waals surface area (Å²) in [6.45, 7) is 0. The van der Waals surface area contributed by atoms with Crippen molar-refractivity contribution in [2.45, 2.75) is 0 Å². The molecule has 0 amide bonds. The summed E-state index contributed by atoms with van der Waals surface area (Å²) in [4.78, 5) is 12.8. The van der Waals surface area contributed by atoms with Gasteiger partial charge in [-0.05, 0) is 18.2 Å². The lowest BCUT2D eigenvalue weighted by atomic mass is 10.1. The van der Waals surface area contributed by atoms with Crippen LogP contribution in [0.4, 0.5) is 0 Å². The van der Waals surface area contributed by atoms with Crippen LogP contribution in [0.15, 0.2) is 67.1 Å². The second-order valence-corrected chi connectivity index (χ2v) is 3.86. The zero-order chi connectivity index (χ0) is 12.2. The van der Waals surface area contributed by atoms with E-state index in [4.69, 9.17) is 0 Å². The molecule has 3 rings (SSSR count). The maximum absolute atomic E-state index is 4.32. The van der Waals surface area contributed by atoms with Crippen LogP contribution in [0.3, 0.4) is 0 Å². The average Bonchev–Trinajstić information content (AvgIpc) is 2.49. The lowest BCUT2D eigenvalue weighted by Crippen LogP contribution is -1.87. The molecule has 0 aliphatic carbocycles. The van der Waals surface area contributed by atoms with E-state index in [1.165, 1.54) is 0 Å². The number of rotatable bonds is 2. The Morgan fingerprint density at radius 1 is 0.556 bits per heavy atom. The predicted octanol–water partition coefficient (Wildman–Crippen LogP) is 3.21. The highest BCUT2D eigenvalue weighted by Crippen LogP contribution is 2.20. The Kier molecular flexibility index (Phi) is 2.80. The first kappa shape index (κ1) is 10.6. The lowest BCUT2D eigenvalue weighted by molar-refractivity contribution is 1.18. The van der Waals surface area contributed by atoms with E-state index in [1.54, 1.807) is 18.6 Å². The Bertz CT molecular complexity index is 560. The van der Waals surface area contributed by atoms with E-state index >= 15 is 0 Å². The minimum atomic E-state index is 0.741. The van der Waals surface area contributed by atoms with Crippen LogP contribution in [-0.2, 0) is 0 Å². The average molecular weight is 233 g/mol. The van der Waals surface area contributed by atoms with E-state index < -0.39 is 0 Å². The van der Waals surface area contributed by atoms with E-state index in [0.717, 1.165) is 22.6 Å². The zero-order valence-electron chi connectivity index (χ0n) is 9.69. The van der Waals surface area contributed by atoms with E-state index in [1.807, 2.05) is 48.5 Å². The number of nitrogens with zero attached hydrogens (tertiary/aromatic N) is 3. The SMILES string of the molecule is c1ccc(-c2ccc(-c3ncccn3)cc2)nc1. The first-order chi connectivity index (χ1) is 8.93. The van der Waals surface area contributed by atoms with Crippen molar-refractivity contribution in [3.05, 3.63) is 67.1 Å². The van der Waals surface area contributed by atoms with Crippen LogP contribution in [0.5, 0.6) is 0 Å². The Hall–Kier alpha value is -2.55. The highest BCUT2D eigenvalue weighted by Gasteiger charge is 2.01. The van der Waals surface area contributed by atoms with Gasteiger partial charge in [-0.25, -0.2) is 9.97 Å². The third-order valence-electron chi connectivity index (χ3n) is 2.67. The van der Waals surface area contributed by atoms with Crippen LogP contribution in [0.2, 0.25) is 0 Å². The quantitative estimate of drug-likeness (QED) is 0.682. The number of aromatic nitrogens is 3. The molecular formula is C15H11N3. The normalized spacial score (nSPS) is 10.2. The van der Waals surface area contributed by atoms with Gasteiger partial charge in [-0.3, -0.25) is 4.98 Å². The lowest BCUT2D eigenvalue weighted by Gasteiger charge is -2.02. The van der Waals surface area contributed by atoms with Gasteiger partial charge in [0.2, 0.25) is 0 Å². The first-order valence-electron chi connectivity index (χ1n) is 5.72. The molecule has 0 aliphatic heterocycles. The fourth-order valence-electron chi connectivity index (χ4n) is 1.77. The van der Waals surface area contributed by atoms with Crippen molar-refractivity contribution in [3.63, 3.8) is 0 Å². The molecule has 18 heavy (non-hydrogen) atoms. The van der Waals surface area contributed by atoms with Crippen LogP contribution < -0.4 is 0 Å². The summed E-state index contributed by atoms with van der Waals surface area (Å²) < 4.78 is 0. The molecule has 2 aromatic heterocycles. The molecule has 0 saturated heterocycles. The van der Waals surface area contributed by atoms with E-state index in [9.17, 15) is 0 Å². The van der Waals surface area contributed by atoms with Gasteiger partial charge in [0.1, 0.15) is 0 Å². The Balaban J connectivity index is 1.95. The number of pyridine rings is 1. The van der Waals surface area contributed by atoms with Gasteiger partial charge >= 0.3 is 0 Å². The van der Waals surface area contributed by atoms with Crippen LogP contribution in [0.25, 0.3) is 22.6 Å². The summed E-state index contributed by atoms with van der Waals surface area (Å²) in [5, 5.41) is 0. The monoisotopic (exact) mass is 233 g/mol. The third-order valence-corrected chi connectivity index (χ3v) is 2.67. The third kappa shape index (κ3) is 2.11. The van der Waals surface area contributed by atoms with Gasteiger partial charge in [-0.2, -0.15) is 0 Å². The van der Waals surface area contributed by atoms with Gasteiger partial charge in [0, 0.05) is 29.7 Å². The van der Waals surface area contributed by atoms with Crippen molar-refractivity contribution < 1.29 is 0 Å². The van der Waals surface area contributed by atoms with Crippen molar-refractivity contribution >= 4 is 0 Å². The molecular weight excluding hydrogens is 222 g/mol. The fraction of sp³-hybridized carbons (Fsp3) is 0. The van der Waals surface area contributed by atoms with E-state index in [2.05, 4.69) is 15.0 Å². The summed E-state index contributed by atoms with van der Waals surface area (Å²) in [5.74, 6) is 0.741. The molecule has 3 nitrogen and oxygen atoms in total. The van der Waals surface area contributed by atoms with E-state index in [0.29, 0.717) is 0 Å². The van der Waals surface area contributed by atoms with Gasteiger partial charge in [-0.15, -0.1) is 0 Å². The highest BCUT2D eigenvalue weighted by atomic mass is 14.8. The van der Waals surface area contributed by atoms with Crippen molar-refractivity contribution in [2.75, 3.05) is 0 Å². The highest BCUT2D eigenvalue weighted by molar-refractivity contribution is 5.64. The van der Waals surface area contributed by atoms with Gasteiger partial charge in [0.25, 0.3) is 0 Å². The molecule has 3 heteroatoms. The largest absolute Gasteiger partial charge is 0.256 e. The standard InChI is InChI=1S/C15H11N3/c1-2-9-16-14(4-1)12-5-7-13(8-6-12)15-17-10-3-11-18-15/h1-11H. The van der Waals surface area contributed by atoms with Crippen LogP contribution in [-0.4, -0.2) is 15.0 Å². The van der Waals surface area contributed by atoms with Crippen molar-refractivity contribution in [2.24, 2.45) is 0 Å². The minimum Gasteiger partial charge on any atom is -0.256 e. The maximum Gasteiger partial charge on any atom is 0.159 e. The molecule has 3 aromatic rings. The van der Waals surface area contributed by atoms with Crippen LogP contribution in [0, 0.1) is 0 Å². The molecule has 0 fully saturated rings. The summed E-state index contributed by atoms with van der Waals surface area (Å²) >= 11 is 0. The summed E-state index contributed by atoms with van der Waals surface area (Å²) in [6, 6.07) is 15.8. The van der Waals surface area contributed by atoms with Crippen molar-refractivity contribution in [3.8, 4) is 22.6 Å². The molecule has 0 aliphatic rings.